The molecule has 6 heteroatoms. The minimum absolute atomic E-state index is 0.134. The molecule has 1 N–H and O–H groups in total. The van der Waals surface area contributed by atoms with E-state index in [1.807, 2.05) is 0 Å². The van der Waals surface area contributed by atoms with Crippen molar-refractivity contribution in [3.8, 4) is 5.75 Å². The highest BCUT2D eigenvalue weighted by Gasteiger charge is 2.11. The van der Waals surface area contributed by atoms with Crippen LogP contribution in [0.1, 0.15) is 22.3 Å². The van der Waals surface area contributed by atoms with E-state index in [0.717, 1.165) is 12.0 Å². The highest BCUT2D eigenvalue weighted by atomic mass is 16.5. The van der Waals surface area contributed by atoms with Gasteiger partial charge in [0.15, 0.2) is 0 Å². The van der Waals surface area contributed by atoms with E-state index in [1.54, 1.807) is 25.3 Å². The maximum Gasteiger partial charge on any atom is 0.339 e. The largest absolute Gasteiger partial charge is 0.496 e. The zero-order valence-corrected chi connectivity index (χ0v) is 12.5. The fourth-order valence-electron chi connectivity index (χ4n) is 1.73. The second-order valence-electron chi connectivity index (χ2n) is 4.35. The van der Waals surface area contributed by atoms with Crippen LogP contribution in [0.4, 0.5) is 0 Å². The van der Waals surface area contributed by atoms with E-state index in [0.29, 0.717) is 38.8 Å². The van der Waals surface area contributed by atoms with Crippen LogP contribution < -0.4 is 4.74 Å². The Labute approximate surface area is 124 Å². The molecule has 0 aromatic heterocycles. The van der Waals surface area contributed by atoms with E-state index in [-0.39, 0.29) is 5.56 Å². The number of carboxylic acids is 1. The van der Waals surface area contributed by atoms with Gasteiger partial charge >= 0.3 is 5.97 Å². The van der Waals surface area contributed by atoms with Gasteiger partial charge in [-0.15, -0.1) is 0 Å². The number of benzene rings is 1. The maximum absolute atomic E-state index is 11.1. The summed E-state index contributed by atoms with van der Waals surface area (Å²) in [6, 6.07) is 4.97. The fourth-order valence-corrected chi connectivity index (χ4v) is 1.73. The van der Waals surface area contributed by atoms with E-state index >= 15 is 0 Å². The van der Waals surface area contributed by atoms with Gasteiger partial charge < -0.3 is 24.1 Å². The average molecular weight is 298 g/mol. The minimum atomic E-state index is -1.02. The highest BCUT2D eigenvalue weighted by molar-refractivity contribution is 5.91. The molecule has 118 valence electrons. The quantitative estimate of drug-likeness (QED) is 0.630. The van der Waals surface area contributed by atoms with Crippen molar-refractivity contribution in [1.82, 2.24) is 0 Å². The molecule has 1 aromatic carbocycles. The zero-order valence-electron chi connectivity index (χ0n) is 12.5. The van der Waals surface area contributed by atoms with Gasteiger partial charge in [0, 0.05) is 20.3 Å². The van der Waals surface area contributed by atoms with Crippen molar-refractivity contribution in [2.45, 2.75) is 13.0 Å². The number of carbonyl (C=O) groups is 1. The lowest BCUT2D eigenvalue weighted by atomic mass is 10.1. The molecule has 1 aromatic rings. The zero-order chi connectivity index (χ0) is 15.5. The van der Waals surface area contributed by atoms with Crippen molar-refractivity contribution >= 4 is 5.97 Å². The van der Waals surface area contributed by atoms with Crippen LogP contribution in [-0.2, 0) is 20.8 Å². The lowest BCUT2D eigenvalue weighted by molar-refractivity contribution is 0.0336. The maximum atomic E-state index is 11.1. The molecule has 6 nitrogen and oxygen atoms in total. The summed E-state index contributed by atoms with van der Waals surface area (Å²) < 4.78 is 20.7. The summed E-state index contributed by atoms with van der Waals surface area (Å²) in [5, 5.41) is 9.08. The number of carboxylic acid groups (broad SMARTS) is 1. The molecule has 0 fully saturated rings. The van der Waals surface area contributed by atoms with Crippen LogP contribution >= 0.6 is 0 Å². The van der Waals surface area contributed by atoms with E-state index < -0.39 is 5.97 Å². The summed E-state index contributed by atoms with van der Waals surface area (Å²) in [5.74, 6) is -0.678. The summed E-state index contributed by atoms with van der Waals surface area (Å²) in [7, 11) is 3.10. The Bertz CT molecular complexity index is 432. The van der Waals surface area contributed by atoms with Crippen LogP contribution in [0.25, 0.3) is 0 Å². The first kappa shape index (κ1) is 17.4. The van der Waals surface area contributed by atoms with Gasteiger partial charge in [-0.05, 0) is 24.1 Å². The van der Waals surface area contributed by atoms with Crippen molar-refractivity contribution in [3.63, 3.8) is 0 Å². The molecule has 0 amide bonds. The van der Waals surface area contributed by atoms with Gasteiger partial charge in [-0.25, -0.2) is 4.79 Å². The normalized spacial score (nSPS) is 10.6. The van der Waals surface area contributed by atoms with Crippen LogP contribution in [0.3, 0.4) is 0 Å². The molecule has 0 atom stereocenters. The van der Waals surface area contributed by atoms with E-state index in [9.17, 15) is 4.79 Å². The third-order valence-electron chi connectivity index (χ3n) is 2.77. The summed E-state index contributed by atoms with van der Waals surface area (Å²) >= 11 is 0. The van der Waals surface area contributed by atoms with Crippen molar-refractivity contribution in [1.29, 1.82) is 0 Å². The molecule has 0 unspecified atom stereocenters. The minimum Gasteiger partial charge on any atom is -0.496 e. The van der Waals surface area contributed by atoms with Crippen LogP contribution in [0.15, 0.2) is 18.2 Å². The van der Waals surface area contributed by atoms with Gasteiger partial charge in [0.1, 0.15) is 11.3 Å². The SMILES string of the molecule is COCCCOCCOCc1ccc(OC)c(C(=O)O)c1. The van der Waals surface area contributed by atoms with Crippen molar-refractivity contribution < 1.29 is 28.8 Å². The van der Waals surface area contributed by atoms with Crippen molar-refractivity contribution in [3.05, 3.63) is 29.3 Å². The second-order valence-corrected chi connectivity index (χ2v) is 4.35. The molecule has 0 spiro atoms. The Morgan fingerprint density at radius 3 is 2.52 bits per heavy atom. The van der Waals surface area contributed by atoms with Gasteiger partial charge in [0.05, 0.1) is 26.9 Å². The summed E-state index contributed by atoms with van der Waals surface area (Å²) in [5.41, 5.74) is 0.919. The highest BCUT2D eigenvalue weighted by Crippen LogP contribution is 2.20. The Hall–Kier alpha value is -1.63. The monoisotopic (exact) mass is 298 g/mol. The summed E-state index contributed by atoms with van der Waals surface area (Å²) in [6.45, 7) is 2.63. The van der Waals surface area contributed by atoms with E-state index in [2.05, 4.69) is 0 Å². The van der Waals surface area contributed by atoms with Gasteiger partial charge in [-0.1, -0.05) is 6.07 Å². The molecule has 0 saturated carbocycles. The van der Waals surface area contributed by atoms with Crippen LogP contribution in [0, 0.1) is 0 Å². The average Bonchev–Trinajstić information content (AvgIpc) is 2.49. The van der Waals surface area contributed by atoms with Gasteiger partial charge in [-0.3, -0.25) is 0 Å². The lowest BCUT2D eigenvalue weighted by Gasteiger charge is -2.09. The third kappa shape index (κ3) is 6.57. The van der Waals surface area contributed by atoms with Crippen LogP contribution in [0.2, 0.25) is 0 Å². The molecule has 21 heavy (non-hydrogen) atoms. The number of rotatable bonds is 11. The van der Waals surface area contributed by atoms with Gasteiger partial charge in [0.25, 0.3) is 0 Å². The molecule has 0 bridgehead atoms. The molecular formula is C15H22O6. The lowest BCUT2D eigenvalue weighted by Crippen LogP contribution is -2.07. The number of methoxy groups -OCH3 is 2. The predicted molar refractivity (Wildman–Crippen MR) is 76.9 cm³/mol. The smallest absolute Gasteiger partial charge is 0.339 e. The number of aromatic carboxylic acids is 1. The summed E-state index contributed by atoms with van der Waals surface area (Å²) in [4.78, 5) is 11.1. The number of ether oxygens (including phenoxy) is 4. The first-order valence-electron chi connectivity index (χ1n) is 6.73. The predicted octanol–water partition coefficient (Wildman–Crippen LogP) is 1.96. The van der Waals surface area contributed by atoms with Gasteiger partial charge in [0.2, 0.25) is 0 Å². The number of hydrogen-bond acceptors (Lipinski definition) is 5. The Morgan fingerprint density at radius 2 is 1.86 bits per heavy atom. The van der Waals surface area contributed by atoms with E-state index in [4.69, 9.17) is 24.1 Å². The topological polar surface area (TPSA) is 74.2 Å². The Balaban J connectivity index is 2.29. The van der Waals surface area contributed by atoms with Crippen LogP contribution in [-0.4, -0.2) is 51.7 Å². The fraction of sp³-hybridized carbons (Fsp3) is 0.533. The van der Waals surface area contributed by atoms with Crippen LogP contribution in [0.5, 0.6) is 5.75 Å². The summed E-state index contributed by atoms with van der Waals surface area (Å²) in [6.07, 6.45) is 0.858. The Morgan fingerprint density at radius 1 is 1.10 bits per heavy atom. The molecule has 1 rings (SSSR count). The Kier molecular flexibility index (Phi) is 8.42. The molecule has 0 aliphatic heterocycles. The van der Waals surface area contributed by atoms with Crippen molar-refractivity contribution in [2.24, 2.45) is 0 Å². The standard InChI is InChI=1S/C15H22O6/c1-18-6-3-7-20-8-9-21-11-12-4-5-14(19-2)13(10-12)15(16)17/h4-5,10H,3,6-9,11H2,1-2H3,(H,16,17). The van der Waals surface area contributed by atoms with Gasteiger partial charge in [-0.2, -0.15) is 0 Å². The first-order valence-corrected chi connectivity index (χ1v) is 6.73. The molecule has 0 radical (unpaired) electrons. The van der Waals surface area contributed by atoms with Crippen molar-refractivity contribution in [2.75, 3.05) is 40.6 Å². The van der Waals surface area contributed by atoms with E-state index in [1.165, 1.54) is 7.11 Å². The molecule has 0 aliphatic rings. The first-order chi connectivity index (χ1) is 10.2. The molecule has 0 saturated heterocycles. The molecular weight excluding hydrogens is 276 g/mol. The number of hydrogen-bond donors (Lipinski definition) is 1. The molecule has 0 heterocycles. The second kappa shape index (κ2) is 10.1. The molecule has 0 aliphatic carbocycles. The third-order valence-corrected chi connectivity index (χ3v) is 2.77.